The van der Waals surface area contributed by atoms with Crippen molar-refractivity contribution < 1.29 is 9.59 Å². The smallest absolute Gasteiger partial charge is 0.275 e. The first-order chi connectivity index (χ1) is 12.0. The Balaban J connectivity index is 1.98. The molecule has 0 unspecified atom stereocenters. The number of rotatable bonds is 4. The molecule has 3 aromatic rings. The fourth-order valence-electron chi connectivity index (χ4n) is 2.41. The minimum absolute atomic E-state index is 0.220. The summed E-state index contributed by atoms with van der Waals surface area (Å²) in [7, 11) is 1.66. The quantitative estimate of drug-likeness (QED) is 0.642. The number of hydrogen-bond donors (Lipinski definition) is 1. The standard InChI is InChI=1S/C18H13BrClN3O2/c1-23-16(14(19)10-21-23)18(25)22-15-8-7-12(20)9-13(15)17(24)11-5-3-2-4-6-11/h2-10H,1H3,(H,22,25). The van der Waals surface area contributed by atoms with Crippen molar-refractivity contribution in [3.63, 3.8) is 0 Å². The number of benzene rings is 2. The minimum Gasteiger partial charge on any atom is -0.320 e. The molecule has 0 bridgehead atoms. The number of halogens is 2. The molecule has 1 N–H and O–H groups in total. The SMILES string of the molecule is Cn1ncc(Br)c1C(=O)Nc1ccc(Cl)cc1C(=O)c1ccccc1. The molecular formula is C18H13BrClN3O2. The molecule has 7 heteroatoms. The third kappa shape index (κ3) is 3.65. The van der Waals surface area contributed by atoms with Crippen LogP contribution < -0.4 is 5.32 Å². The third-order valence-corrected chi connectivity index (χ3v) is 4.44. The van der Waals surface area contributed by atoms with Gasteiger partial charge in [0.15, 0.2) is 5.78 Å². The van der Waals surface area contributed by atoms with Gasteiger partial charge in [0.2, 0.25) is 0 Å². The molecule has 0 atom stereocenters. The first kappa shape index (κ1) is 17.4. The van der Waals surface area contributed by atoms with Crippen LogP contribution >= 0.6 is 27.5 Å². The molecule has 5 nitrogen and oxygen atoms in total. The minimum atomic E-state index is -0.378. The Hall–Kier alpha value is -2.44. The van der Waals surface area contributed by atoms with Crippen LogP contribution in [0, 0.1) is 0 Å². The van der Waals surface area contributed by atoms with E-state index in [1.165, 1.54) is 10.9 Å². The van der Waals surface area contributed by atoms with E-state index in [-0.39, 0.29) is 11.7 Å². The summed E-state index contributed by atoms with van der Waals surface area (Å²) in [4.78, 5) is 25.4. The number of aryl methyl sites for hydroxylation is 1. The Labute approximate surface area is 157 Å². The van der Waals surface area contributed by atoms with Crippen molar-refractivity contribution >= 4 is 44.9 Å². The van der Waals surface area contributed by atoms with Gasteiger partial charge in [-0.1, -0.05) is 41.9 Å². The summed E-state index contributed by atoms with van der Waals surface area (Å²) in [6.45, 7) is 0. The molecule has 2 aromatic carbocycles. The summed E-state index contributed by atoms with van der Waals surface area (Å²) >= 11 is 9.34. The number of ketones is 1. The zero-order chi connectivity index (χ0) is 18.0. The molecule has 1 heterocycles. The van der Waals surface area contributed by atoms with Crippen LogP contribution in [0.25, 0.3) is 0 Å². The lowest BCUT2D eigenvalue weighted by Gasteiger charge is -2.11. The van der Waals surface area contributed by atoms with Gasteiger partial charge in [0, 0.05) is 23.2 Å². The molecule has 126 valence electrons. The largest absolute Gasteiger partial charge is 0.320 e. The fraction of sp³-hybridized carbons (Fsp3) is 0.0556. The molecule has 0 aliphatic carbocycles. The number of carbonyl (C=O) groups is 2. The second-order valence-corrected chi connectivity index (χ2v) is 6.59. The van der Waals surface area contributed by atoms with Crippen LogP contribution in [-0.2, 0) is 7.05 Å². The Bertz CT molecular complexity index is 935. The zero-order valence-electron chi connectivity index (χ0n) is 13.2. The van der Waals surface area contributed by atoms with Crippen molar-refractivity contribution in [3.8, 4) is 0 Å². The summed E-state index contributed by atoms with van der Waals surface area (Å²) in [5.74, 6) is -0.598. The average molecular weight is 419 g/mol. The Kier molecular flexibility index (Phi) is 5.01. The molecule has 0 aliphatic rings. The van der Waals surface area contributed by atoms with Crippen molar-refractivity contribution in [2.75, 3.05) is 5.32 Å². The van der Waals surface area contributed by atoms with E-state index in [1.807, 2.05) is 6.07 Å². The molecule has 25 heavy (non-hydrogen) atoms. The maximum absolute atomic E-state index is 12.8. The van der Waals surface area contributed by atoms with E-state index < -0.39 is 0 Å². The van der Waals surface area contributed by atoms with Crippen molar-refractivity contribution in [1.82, 2.24) is 9.78 Å². The van der Waals surface area contributed by atoms with Crippen molar-refractivity contribution in [2.24, 2.45) is 7.05 Å². The first-order valence-corrected chi connectivity index (χ1v) is 8.52. The second-order valence-electron chi connectivity index (χ2n) is 5.30. The number of amides is 1. The first-order valence-electron chi connectivity index (χ1n) is 7.35. The van der Waals surface area contributed by atoms with Crippen molar-refractivity contribution in [3.05, 3.63) is 81.0 Å². The van der Waals surface area contributed by atoms with Gasteiger partial charge in [-0.05, 0) is 34.1 Å². The number of anilines is 1. The van der Waals surface area contributed by atoms with Gasteiger partial charge in [-0.2, -0.15) is 5.10 Å². The molecule has 3 rings (SSSR count). The molecule has 0 radical (unpaired) electrons. The van der Waals surface area contributed by atoms with Crippen LogP contribution in [-0.4, -0.2) is 21.5 Å². The molecule has 0 fully saturated rings. The predicted molar refractivity (Wildman–Crippen MR) is 100 cm³/mol. The normalized spacial score (nSPS) is 10.5. The van der Waals surface area contributed by atoms with Gasteiger partial charge in [-0.25, -0.2) is 0 Å². The van der Waals surface area contributed by atoms with Gasteiger partial charge < -0.3 is 5.32 Å². The van der Waals surface area contributed by atoms with Crippen LogP contribution in [0.5, 0.6) is 0 Å². The van der Waals surface area contributed by atoms with E-state index in [0.29, 0.717) is 32.0 Å². The van der Waals surface area contributed by atoms with Crippen LogP contribution in [0.15, 0.2) is 59.2 Å². The van der Waals surface area contributed by atoms with Crippen LogP contribution in [0.2, 0.25) is 5.02 Å². The number of nitrogens with zero attached hydrogens (tertiary/aromatic N) is 2. The van der Waals surface area contributed by atoms with E-state index in [1.54, 1.807) is 49.5 Å². The number of hydrogen-bond acceptors (Lipinski definition) is 3. The topological polar surface area (TPSA) is 64.0 Å². The maximum atomic E-state index is 12.8. The van der Waals surface area contributed by atoms with Gasteiger partial charge in [0.05, 0.1) is 16.4 Å². The molecule has 0 saturated carbocycles. The zero-order valence-corrected chi connectivity index (χ0v) is 15.5. The summed E-state index contributed by atoms with van der Waals surface area (Å²) in [5.41, 5.74) is 1.58. The average Bonchev–Trinajstić information content (AvgIpc) is 2.95. The van der Waals surface area contributed by atoms with E-state index in [0.717, 1.165) is 0 Å². The molecule has 1 aromatic heterocycles. The lowest BCUT2D eigenvalue weighted by molar-refractivity contribution is 0.101. The van der Waals surface area contributed by atoms with Gasteiger partial charge in [0.1, 0.15) is 5.69 Å². The van der Waals surface area contributed by atoms with Crippen molar-refractivity contribution in [1.29, 1.82) is 0 Å². The number of carbonyl (C=O) groups excluding carboxylic acids is 2. The molecule has 0 saturated heterocycles. The van der Waals surface area contributed by atoms with E-state index in [4.69, 9.17) is 11.6 Å². The molecular weight excluding hydrogens is 406 g/mol. The van der Waals surface area contributed by atoms with Crippen LogP contribution in [0.3, 0.4) is 0 Å². The Morgan fingerprint density at radius 1 is 1.16 bits per heavy atom. The molecule has 0 aliphatic heterocycles. The van der Waals surface area contributed by atoms with Gasteiger partial charge >= 0.3 is 0 Å². The monoisotopic (exact) mass is 417 g/mol. The van der Waals surface area contributed by atoms with E-state index in [2.05, 4.69) is 26.3 Å². The van der Waals surface area contributed by atoms with Crippen LogP contribution in [0.1, 0.15) is 26.4 Å². The molecule has 0 spiro atoms. The lowest BCUT2D eigenvalue weighted by atomic mass is 10.0. The highest BCUT2D eigenvalue weighted by molar-refractivity contribution is 9.10. The number of nitrogens with one attached hydrogen (secondary N) is 1. The summed E-state index contributed by atoms with van der Waals surface area (Å²) in [6.07, 6.45) is 1.53. The highest BCUT2D eigenvalue weighted by atomic mass is 79.9. The predicted octanol–water partition coefficient (Wildman–Crippen LogP) is 4.32. The fourth-order valence-corrected chi connectivity index (χ4v) is 3.11. The van der Waals surface area contributed by atoms with Crippen LogP contribution in [0.4, 0.5) is 5.69 Å². The summed E-state index contributed by atoms with van der Waals surface area (Å²) < 4.78 is 2.02. The molecule has 1 amide bonds. The van der Waals surface area contributed by atoms with Gasteiger partial charge in [-0.3, -0.25) is 14.3 Å². The second kappa shape index (κ2) is 7.21. The third-order valence-electron chi connectivity index (χ3n) is 3.62. The highest BCUT2D eigenvalue weighted by Gasteiger charge is 2.19. The number of aromatic nitrogens is 2. The lowest BCUT2D eigenvalue weighted by Crippen LogP contribution is -2.18. The van der Waals surface area contributed by atoms with Crippen molar-refractivity contribution in [2.45, 2.75) is 0 Å². The van der Waals surface area contributed by atoms with Gasteiger partial charge in [0.25, 0.3) is 5.91 Å². The maximum Gasteiger partial charge on any atom is 0.275 e. The Morgan fingerprint density at radius 2 is 1.88 bits per heavy atom. The Morgan fingerprint density at radius 3 is 2.52 bits per heavy atom. The highest BCUT2D eigenvalue weighted by Crippen LogP contribution is 2.25. The summed E-state index contributed by atoms with van der Waals surface area (Å²) in [5, 5.41) is 7.20. The van der Waals surface area contributed by atoms with E-state index >= 15 is 0 Å². The van der Waals surface area contributed by atoms with E-state index in [9.17, 15) is 9.59 Å². The summed E-state index contributed by atoms with van der Waals surface area (Å²) in [6, 6.07) is 13.6. The van der Waals surface area contributed by atoms with Gasteiger partial charge in [-0.15, -0.1) is 0 Å².